The Kier molecular flexibility index (Phi) is 3.90. The van der Waals surface area contributed by atoms with Gasteiger partial charge in [0.1, 0.15) is 0 Å². The minimum absolute atomic E-state index is 0. The van der Waals surface area contributed by atoms with E-state index < -0.39 is 10.1 Å². The summed E-state index contributed by atoms with van der Waals surface area (Å²) < 4.78 is 28.2. The van der Waals surface area contributed by atoms with Crippen molar-refractivity contribution < 1.29 is 13.0 Å². The van der Waals surface area contributed by atoms with Gasteiger partial charge in [-0.25, -0.2) is 0 Å². The van der Waals surface area contributed by atoms with Crippen LogP contribution in [0.25, 0.3) is 0 Å². The number of hydrogen-bond acceptors (Lipinski definition) is 3. The Morgan fingerprint density at radius 1 is 1.40 bits per heavy atom. The molecule has 6 heteroatoms. The topological polar surface area (TPSA) is 57.4 Å². The summed E-state index contributed by atoms with van der Waals surface area (Å²) in [5, 5.41) is 0.778. The van der Waals surface area contributed by atoms with Crippen LogP contribution in [0.15, 0.2) is 11.6 Å². The van der Waals surface area contributed by atoms with Crippen LogP contribution >= 0.6 is 0 Å². The number of nitrogens with zero attached hydrogens (tertiary/aromatic N) is 1. The molecule has 1 heterocycles. The molecule has 1 saturated heterocycles. The molecule has 0 bridgehead atoms. The molecule has 0 aromatic rings. The average molecular weight is 173 g/mol. The van der Waals surface area contributed by atoms with Crippen molar-refractivity contribution in [3.63, 3.8) is 0 Å². The van der Waals surface area contributed by atoms with Crippen LogP contribution in [0, 0.1) is 0 Å². The van der Waals surface area contributed by atoms with Crippen molar-refractivity contribution in [3.8, 4) is 0 Å². The predicted molar refractivity (Wildman–Crippen MR) is 39.4 cm³/mol. The van der Waals surface area contributed by atoms with Crippen LogP contribution in [-0.2, 0) is 10.1 Å². The Bertz CT molecular complexity index is 219. The Morgan fingerprint density at radius 2 is 1.90 bits per heavy atom. The van der Waals surface area contributed by atoms with Gasteiger partial charge in [-0.15, -0.1) is 0 Å². The fraction of sp³-hybridized carbons (Fsp3) is 0.500. The Hall–Kier alpha value is 0.450. The number of hydrogen-bond donors (Lipinski definition) is 1. The Labute approximate surface area is 81.9 Å². The second kappa shape index (κ2) is 3.73. The van der Waals surface area contributed by atoms with E-state index in [0.29, 0.717) is 0 Å². The summed E-state index contributed by atoms with van der Waals surface area (Å²) in [5.74, 6) is 0. The number of rotatable bonds is 2. The van der Waals surface area contributed by atoms with Gasteiger partial charge in [-0.05, 0) is 0 Å². The molecule has 1 aliphatic rings. The Balaban J connectivity index is 0.000000810. The third-order valence-electron chi connectivity index (χ3n) is 0.925. The summed E-state index contributed by atoms with van der Waals surface area (Å²) in [4.78, 5) is 1.76. The molecule has 0 aromatic heterocycles. The van der Waals surface area contributed by atoms with Gasteiger partial charge in [0.15, 0.2) is 0 Å². The summed E-state index contributed by atoms with van der Waals surface area (Å²) in [6.45, 7) is 1.76. The fourth-order valence-corrected chi connectivity index (χ4v) is 0.696. The van der Waals surface area contributed by atoms with Crippen molar-refractivity contribution in [3.05, 3.63) is 11.6 Å². The maximum absolute atomic E-state index is 10.0. The van der Waals surface area contributed by atoms with Crippen LogP contribution in [0.2, 0.25) is 0 Å². The van der Waals surface area contributed by atoms with Crippen molar-refractivity contribution in [2.75, 3.05) is 13.1 Å². The van der Waals surface area contributed by atoms with Crippen LogP contribution in [0.3, 0.4) is 0 Å². The molecule has 0 atom stereocenters. The van der Waals surface area contributed by atoms with Crippen molar-refractivity contribution in [1.82, 2.24) is 4.90 Å². The monoisotopic (exact) mass is 173 g/mol. The van der Waals surface area contributed by atoms with E-state index in [1.165, 1.54) is 6.20 Å². The molecule has 0 saturated carbocycles. The van der Waals surface area contributed by atoms with Gasteiger partial charge in [-0.3, -0.25) is 4.55 Å². The zero-order valence-electron chi connectivity index (χ0n) is 4.69. The van der Waals surface area contributed by atoms with Crippen molar-refractivity contribution in [2.24, 2.45) is 0 Å². The van der Waals surface area contributed by atoms with E-state index >= 15 is 0 Å². The molecule has 0 unspecified atom stereocenters. The first-order valence-electron chi connectivity index (χ1n) is 2.48. The van der Waals surface area contributed by atoms with Crippen LogP contribution in [0.1, 0.15) is 0 Å². The van der Waals surface area contributed by atoms with E-state index in [1.54, 1.807) is 4.90 Å². The zero-order chi connectivity index (χ0) is 6.91. The molecular formula is C4H8NNaO3S. The van der Waals surface area contributed by atoms with Gasteiger partial charge < -0.3 is 4.90 Å². The molecule has 0 aromatic carbocycles. The van der Waals surface area contributed by atoms with Crippen LogP contribution in [-0.4, -0.2) is 60.5 Å². The maximum atomic E-state index is 10.0. The van der Waals surface area contributed by atoms with Crippen molar-refractivity contribution >= 4 is 39.7 Å². The summed E-state index contributed by atoms with van der Waals surface area (Å²) in [5.41, 5.74) is 0. The van der Waals surface area contributed by atoms with Crippen molar-refractivity contribution in [1.29, 1.82) is 0 Å². The van der Waals surface area contributed by atoms with Crippen molar-refractivity contribution in [2.45, 2.75) is 0 Å². The van der Waals surface area contributed by atoms with Gasteiger partial charge in [0.05, 0.1) is 5.41 Å². The van der Waals surface area contributed by atoms with Crippen LogP contribution < -0.4 is 0 Å². The summed E-state index contributed by atoms with van der Waals surface area (Å²) in [6, 6.07) is 0. The van der Waals surface area contributed by atoms with E-state index in [-0.39, 0.29) is 29.6 Å². The molecule has 1 N–H and O–H groups in total. The normalized spacial score (nSPS) is 17.1. The van der Waals surface area contributed by atoms with Gasteiger partial charge >= 0.3 is 29.6 Å². The summed E-state index contributed by atoms with van der Waals surface area (Å²) in [6.07, 6.45) is 1.36. The summed E-state index contributed by atoms with van der Waals surface area (Å²) in [7, 11) is -3.90. The second-order valence-corrected chi connectivity index (χ2v) is 3.14. The van der Waals surface area contributed by atoms with Gasteiger partial charge in [0.2, 0.25) is 0 Å². The first-order chi connectivity index (χ1) is 4.08. The molecule has 4 nitrogen and oxygen atoms in total. The van der Waals surface area contributed by atoms with E-state index in [0.717, 1.165) is 18.5 Å². The van der Waals surface area contributed by atoms with E-state index in [9.17, 15) is 8.42 Å². The molecular weight excluding hydrogens is 165 g/mol. The van der Waals surface area contributed by atoms with Crippen LogP contribution in [0.5, 0.6) is 0 Å². The molecule has 10 heavy (non-hydrogen) atoms. The molecule has 1 fully saturated rings. The van der Waals surface area contributed by atoms with Gasteiger partial charge in [0.25, 0.3) is 10.1 Å². The van der Waals surface area contributed by atoms with E-state index in [4.69, 9.17) is 4.55 Å². The standard InChI is InChI=1S/C4H7NO3S.Na.H/c6-9(7,8)4-3-5-1-2-5;;/h3-4H,1-2H2,(H,6,7,8);;. The third kappa shape index (κ3) is 5.25. The molecule has 0 radical (unpaired) electrons. The molecule has 0 aliphatic carbocycles. The molecule has 54 valence electrons. The predicted octanol–water partition coefficient (Wildman–Crippen LogP) is -0.987. The first-order valence-corrected chi connectivity index (χ1v) is 3.98. The second-order valence-electron chi connectivity index (χ2n) is 1.84. The average Bonchev–Trinajstić information content (AvgIpc) is 2.38. The fourth-order valence-electron chi connectivity index (χ4n) is 0.370. The van der Waals surface area contributed by atoms with Crippen LogP contribution in [0.4, 0.5) is 0 Å². The van der Waals surface area contributed by atoms with Gasteiger partial charge in [-0.2, -0.15) is 8.42 Å². The molecule has 1 rings (SSSR count). The SMILES string of the molecule is O=S(=O)(O)C=CN1CC1.[NaH]. The summed E-state index contributed by atoms with van der Waals surface area (Å²) >= 11 is 0. The first kappa shape index (κ1) is 10.4. The quantitative estimate of drug-likeness (QED) is 0.331. The molecule has 0 spiro atoms. The van der Waals surface area contributed by atoms with E-state index in [1.807, 2.05) is 0 Å². The Morgan fingerprint density at radius 3 is 2.20 bits per heavy atom. The molecule has 0 amide bonds. The minimum atomic E-state index is -3.90. The van der Waals surface area contributed by atoms with Gasteiger partial charge in [0, 0.05) is 19.3 Å². The van der Waals surface area contributed by atoms with E-state index in [2.05, 4.69) is 0 Å². The van der Waals surface area contributed by atoms with Gasteiger partial charge in [-0.1, -0.05) is 0 Å². The zero-order valence-corrected chi connectivity index (χ0v) is 5.50. The molecule has 1 aliphatic heterocycles. The third-order valence-corrected chi connectivity index (χ3v) is 1.39.